The van der Waals surface area contributed by atoms with E-state index in [0.717, 1.165) is 26.2 Å². The SMILES string of the molecule is COC(C)C(C)N1CCN(CC(=O)O)CC1. The molecular weight excluding hydrogens is 208 g/mol. The van der Waals surface area contributed by atoms with E-state index in [1.165, 1.54) is 0 Å². The number of rotatable bonds is 5. The van der Waals surface area contributed by atoms with Crippen molar-refractivity contribution in [2.75, 3.05) is 39.8 Å². The van der Waals surface area contributed by atoms with Crippen molar-refractivity contribution in [3.05, 3.63) is 0 Å². The van der Waals surface area contributed by atoms with Crippen LogP contribution < -0.4 is 0 Å². The highest BCUT2D eigenvalue weighted by atomic mass is 16.5. The average molecular weight is 230 g/mol. The molecule has 0 aromatic rings. The molecule has 0 bridgehead atoms. The number of carboxylic acid groups (broad SMARTS) is 1. The maximum atomic E-state index is 10.6. The average Bonchev–Trinajstić information content (AvgIpc) is 2.27. The molecule has 2 unspecified atom stereocenters. The number of piperazine rings is 1. The van der Waals surface area contributed by atoms with Gasteiger partial charge >= 0.3 is 5.97 Å². The van der Waals surface area contributed by atoms with E-state index in [2.05, 4.69) is 18.7 Å². The van der Waals surface area contributed by atoms with Gasteiger partial charge in [0.1, 0.15) is 0 Å². The summed E-state index contributed by atoms with van der Waals surface area (Å²) in [5, 5.41) is 8.69. The molecule has 1 aliphatic heterocycles. The third-order valence-corrected chi connectivity index (χ3v) is 3.39. The van der Waals surface area contributed by atoms with Gasteiger partial charge in [-0.15, -0.1) is 0 Å². The number of ether oxygens (including phenoxy) is 1. The zero-order chi connectivity index (χ0) is 12.1. The van der Waals surface area contributed by atoms with Gasteiger partial charge in [-0.05, 0) is 13.8 Å². The summed E-state index contributed by atoms with van der Waals surface area (Å²) >= 11 is 0. The summed E-state index contributed by atoms with van der Waals surface area (Å²) in [6.07, 6.45) is 0.214. The Morgan fingerprint density at radius 3 is 2.31 bits per heavy atom. The molecule has 0 aliphatic carbocycles. The Bertz CT molecular complexity index is 227. The van der Waals surface area contributed by atoms with E-state index in [-0.39, 0.29) is 12.6 Å². The van der Waals surface area contributed by atoms with E-state index in [9.17, 15) is 4.79 Å². The van der Waals surface area contributed by atoms with Gasteiger partial charge < -0.3 is 9.84 Å². The highest BCUT2D eigenvalue weighted by Gasteiger charge is 2.25. The Hall–Kier alpha value is -0.650. The second-order valence-corrected chi connectivity index (χ2v) is 4.39. The Labute approximate surface area is 97.0 Å². The highest BCUT2D eigenvalue weighted by Crippen LogP contribution is 2.10. The standard InChI is InChI=1S/C11H22N2O3/c1-9(10(2)16-3)13-6-4-12(5-7-13)8-11(14)15/h9-10H,4-8H2,1-3H3,(H,14,15). The van der Waals surface area contributed by atoms with Gasteiger partial charge in [0.25, 0.3) is 0 Å². The number of hydrogen-bond donors (Lipinski definition) is 1. The van der Waals surface area contributed by atoms with Crippen LogP contribution in [0.5, 0.6) is 0 Å². The van der Waals surface area contributed by atoms with Crippen LogP contribution in [-0.4, -0.2) is 72.9 Å². The lowest BCUT2D eigenvalue weighted by Gasteiger charge is -2.39. The number of hydrogen-bond acceptors (Lipinski definition) is 4. The Morgan fingerprint density at radius 2 is 1.88 bits per heavy atom. The second kappa shape index (κ2) is 6.18. The Kier molecular flexibility index (Phi) is 5.18. The van der Waals surface area contributed by atoms with Gasteiger partial charge in [0, 0.05) is 39.3 Å². The predicted octanol–water partition coefficient (Wildman–Crippen LogP) is 0.112. The fourth-order valence-electron chi connectivity index (χ4n) is 2.01. The summed E-state index contributed by atoms with van der Waals surface area (Å²) < 4.78 is 5.31. The second-order valence-electron chi connectivity index (χ2n) is 4.39. The minimum absolute atomic E-state index is 0.155. The minimum Gasteiger partial charge on any atom is -0.480 e. The molecule has 0 radical (unpaired) electrons. The maximum absolute atomic E-state index is 10.6. The summed E-state index contributed by atoms with van der Waals surface area (Å²) in [6.45, 7) is 7.86. The molecule has 0 amide bonds. The van der Waals surface area contributed by atoms with Gasteiger partial charge in [-0.25, -0.2) is 0 Å². The van der Waals surface area contributed by atoms with Gasteiger partial charge in [0.05, 0.1) is 12.6 Å². The first-order valence-corrected chi connectivity index (χ1v) is 5.75. The molecule has 0 aromatic carbocycles. The molecule has 1 fully saturated rings. The molecule has 0 aromatic heterocycles. The molecule has 5 heteroatoms. The van der Waals surface area contributed by atoms with Crippen LogP contribution in [0.15, 0.2) is 0 Å². The Morgan fingerprint density at radius 1 is 1.31 bits per heavy atom. The van der Waals surface area contributed by atoms with Gasteiger partial charge in [-0.2, -0.15) is 0 Å². The van der Waals surface area contributed by atoms with Crippen LogP contribution in [-0.2, 0) is 9.53 Å². The van der Waals surface area contributed by atoms with Crippen molar-refractivity contribution >= 4 is 5.97 Å². The van der Waals surface area contributed by atoms with Crippen LogP contribution in [0, 0.1) is 0 Å². The summed E-state index contributed by atoms with van der Waals surface area (Å²) in [7, 11) is 1.72. The summed E-state index contributed by atoms with van der Waals surface area (Å²) in [4.78, 5) is 14.9. The first-order chi connectivity index (χ1) is 7.54. The van der Waals surface area contributed by atoms with Crippen molar-refractivity contribution in [2.24, 2.45) is 0 Å². The molecule has 1 saturated heterocycles. The molecule has 1 heterocycles. The lowest BCUT2D eigenvalue weighted by molar-refractivity contribution is -0.138. The minimum atomic E-state index is -0.744. The summed E-state index contributed by atoms with van der Waals surface area (Å²) in [6, 6.07) is 0.386. The van der Waals surface area contributed by atoms with Crippen molar-refractivity contribution in [1.29, 1.82) is 0 Å². The molecule has 5 nitrogen and oxygen atoms in total. The van der Waals surface area contributed by atoms with E-state index in [1.807, 2.05) is 4.90 Å². The topological polar surface area (TPSA) is 53.0 Å². The zero-order valence-corrected chi connectivity index (χ0v) is 10.3. The molecule has 0 spiro atoms. The highest BCUT2D eigenvalue weighted by molar-refractivity contribution is 5.69. The summed E-state index contributed by atoms with van der Waals surface area (Å²) in [5.74, 6) is -0.744. The third-order valence-electron chi connectivity index (χ3n) is 3.39. The fourth-order valence-corrected chi connectivity index (χ4v) is 2.01. The lowest BCUT2D eigenvalue weighted by Crippen LogP contribution is -2.53. The zero-order valence-electron chi connectivity index (χ0n) is 10.3. The van der Waals surface area contributed by atoms with E-state index < -0.39 is 5.97 Å². The lowest BCUT2D eigenvalue weighted by atomic mass is 10.1. The molecule has 16 heavy (non-hydrogen) atoms. The van der Waals surface area contributed by atoms with Gasteiger partial charge in [0.2, 0.25) is 0 Å². The van der Waals surface area contributed by atoms with E-state index in [0.29, 0.717) is 6.04 Å². The molecule has 1 rings (SSSR count). The number of nitrogens with zero attached hydrogens (tertiary/aromatic N) is 2. The maximum Gasteiger partial charge on any atom is 0.317 e. The van der Waals surface area contributed by atoms with Crippen molar-refractivity contribution in [1.82, 2.24) is 9.80 Å². The van der Waals surface area contributed by atoms with E-state index in [1.54, 1.807) is 7.11 Å². The fraction of sp³-hybridized carbons (Fsp3) is 0.909. The molecule has 0 saturated carbocycles. The molecular formula is C11H22N2O3. The number of aliphatic carboxylic acids is 1. The molecule has 1 aliphatic rings. The van der Waals surface area contributed by atoms with Gasteiger partial charge in [-0.3, -0.25) is 14.6 Å². The van der Waals surface area contributed by atoms with Crippen LogP contribution >= 0.6 is 0 Å². The Balaban J connectivity index is 2.34. The van der Waals surface area contributed by atoms with Crippen LogP contribution in [0.1, 0.15) is 13.8 Å². The number of carboxylic acids is 1. The molecule has 2 atom stereocenters. The van der Waals surface area contributed by atoms with Gasteiger partial charge in [0.15, 0.2) is 0 Å². The van der Waals surface area contributed by atoms with Gasteiger partial charge in [-0.1, -0.05) is 0 Å². The first kappa shape index (κ1) is 13.4. The van der Waals surface area contributed by atoms with E-state index in [4.69, 9.17) is 9.84 Å². The van der Waals surface area contributed by atoms with Crippen LogP contribution in [0.4, 0.5) is 0 Å². The third kappa shape index (κ3) is 3.73. The van der Waals surface area contributed by atoms with Crippen molar-refractivity contribution in [2.45, 2.75) is 26.0 Å². The van der Waals surface area contributed by atoms with Crippen molar-refractivity contribution in [3.8, 4) is 0 Å². The molecule has 94 valence electrons. The van der Waals surface area contributed by atoms with E-state index >= 15 is 0 Å². The normalized spacial score (nSPS) is 22.9. The largest absolute Gasteiger partial charge is 0.480 e. The van der Waals surface area contributed by atoms with Crippen molar-refractivity contribution < 1.29 is 14.6 Å². The molecule has 1 N–H and O–H groups in total. The van der Waals surface area contributed by atoms with Crippen molar-refractivity contribution in [3.63, 3.8) is 0 Å². The number of methoxy groups -OCH3 is 1. The summed E-state index contributed by atoms with van der Waals surface area (Å²) in [5.41, 5.74) is 0. The smallest absolute Gasteiger partial charge is 0.317 e. The van der Waals surface area contributed by atoms with Crippen LogP contribution in [0.2, 0.25) is 0 Å². The number of carbonyl (C=O) groups is 1. The predicted molar refractivity (Wildman–Crippen MR) is 61.6 cm³/mol. The van der Waals surface area contributed by atoms with Crippen LogP contribution in [0.25, 0.3) is 0 Å². The first-order valence-electron chi connectivity index (χ1n) is 5.75. The monoisotopic (exact) mass is 230 g/mol. The quantitative estimate of drug-likeness (QED) is 0.726. The van der Waals surface area contributed by atoms with Crippen LogP contribution in [0.3, 0.4) is 0 Å².